The van der Waals surface area contributed by atoms with Gasteiger partial charge in [-0.1, -0.05) is 36.4 Å². The Morgan fingerprint density at radius 2 is 1.74 bits per heavy atom. The zero-order valence-corrected chi connectivity index (χ0v) is 12.1. The molecule has 1 heterocycles. The molecule has 1 amide bonds. The van der Waals surface area contributed by atoms with Crippen molar-refractivity contribution in [1.29, 1.82) is 0 Å². The first-order chi connectivity index (χ1) is 11.1. The third-order valence-corrected chi connectivity index (χ3v) is 3.72. The van der Waals surface area contributed by atoms with E-state index in [2.05, 4.69) is 0 Å². The van der Waals surface area contributed by atoms with E-state index in [1.165, 1.54) is 11.0 Å². The Bertz CT molecular complexity index is 731. The summed E-state index contributed by atoms with van der Waals surface area (Å²) in [7, 11) is 0. The van der Waals surface area contributed by atoms with Crippen molar-refractivity contribution in [2.24, 2.45) is 0 Å². The molecule has 2 unspecified atom stereocenters. The van der Waals surface area contributed by atoms with E-state index in [0.29, 0.717) is 11.3 Å². The number of hydrogen-bond acceptors (Lipinski definition) is 4. The van der Waals surface area contributed by atoms with Crippen LogP contribution in [0, 0.1) is 0 Å². The number of benzene rings is 2. The number of likely N-dealkylation sites (tertiary alicyclic amines) is 1. The quantitative estimate of drug-likeness (QED) is 0.822. The van der Waals surface area contributed by atoms with E-state index in [0.717, 1.165) is 0 Å². The Hall–Kier alpha value is -3.02. The van der Waals surface area contributed by atoms with E-state index in [1.807, 2.05) is 6.07 Å². The van der Waals surface area contributed by atoms with Crippen LogP contribution in [0.1, 0.15) is 11.6 Å². The maximum atomic E-state index is 12.3. The lowest BCUT2D eigenvalue weighted by Crippen LogP contribution is -2.62. The molecule has 2 aromatic rings. The number of phenolic OH excluding ortho intramolecular Hbond substituents is 1. The highest BCUT2D eigenvalue weighted by atomic mass is 16.5. The van der Waals surface area contributed by atoms with Crippen molar-refractivity contribution < 1.29 is 24.5 Å². The Balaban J connectivity index is 1.90. The third kappa shape index (κ3) is 2.83. The molecule has 118 valence electrons. The van der Waals surface area contributed by atoms with Gasteiger partial charge in [0.25, 0.3) is 5.91 Å². The fraction of sp³-hybridized carbons (Fsp3) is 0.176. The number of nitrogens with zero attached hydrogens (tertiary/aromatic N) is 1. The zero-order chi connectivity index (χ0) is 16.4. The molecule has 1 saturated heterocycles. The van der Waals surface area contributed by atoms with Gasteiger partial charge in [0.05, 0.1) is 0 Å². The fourth-order valence-corrected chi connectivity index (χ4v) is 2.67. The van der Waals surface area contributed by atoms with Crippen LogP contribution < -0.4 is 4.74 Å². The van der Waals surface area contributed by atoms with Crippen LogP contribution in [0.15, 0.2) is 54.6 Å². The molecule has 23 heavy (non-hydrogen) atoms. The predicted molar refractivity (Wildman–Crippen MR) is 81.1 cm³/mol. The number of carboxylic acids is 1. The normalized spacial score (nSPS) is 20.0. The summed E-state index contributed by atoms with van der Waals surface area (Å²) in [6.07, 6.45) is -0.856. The SMILES string of the molecule is O=C(O)CN1C(=O)C(Oc2ccccc2)C1c1ccccc1O. The highest BCUT2D eigenvalue weighted by Gasteiger charge is 2.51. The number of β-lactam (4-membered cyclic amide) rings is 1. The molecule has 1 fully saturated rings. The van der Waals surface area contributed by atoms with Crippen molar-refractivity contribution in [3.63, 3.8) is 0 Å². The van der Waals surface area contributed by atoms with Gasteiger partial charge in [-0.3, -0.25) is 9.59 Å². The van der Waals surface area contributed by atoms with Gasteiger partial charge in [-0.2, -0.15) is 0 Å². The van der Waals surface area contributed by atoms with Gasteiger partial charge in [0.15, 0.2) is 0 Å². The summed E-state index contributed by atoms with van der Waals surface area (Å²) >= 11 is 0. The maximum absolute atomic E-state index is 12.3. The molecule has 0 spiro atoms. The highest BCUT2D eigenvalue weighted by molar-refractivity contribution is 5.92. The van der Waals surface area contributed by atoms with Gasteiger partial charge in [-0.15, -0.1) is 0 Å². The molecule has 0 bridgehead atoms. The van der Waals surface area contributed by atoms with Gasteiger partial charge in [-0.05, 0) is 18.2 Å². The highest BCUT2D eigenvalue weighted by Crippen LogP contribution is 2.40. The second kappa shape index (κ2) is 6.00. The number of para-hydroxylation sites is 2. The monoisotopic (exact) mass is 313 g/mol. The van der Waals surface area contributed by atoms with Crippen LogP contribution in [0.4, 0.5) is 0 Å². The number of carboxylic acid groups (broad SMARTS) is 1. The molecule has 6 nitrogen and oxygen atoms in total. The summed E-state index contributed by atoms with van der Waals surface area (Å²) in [5, 5.41) is 19.0. The topological polar surface area (TPSA) is 87.1 Å². The Kier molecular flexibility index (Phi) is 3.89. The maximum Gasteiger partial charge on any atom is 0.323 e. The van der Waals surface area contributed by atoms with E-state index in [-0.39, 0.29) is 5.75 Å². The number of carbonyl (C=O) groups excluding carboxylic acids is 1. The van der Waals surface area contributed by atoms with Crippen LogP contribution in [0.3, 0.4) is 0 Å². The average Bonchev–Trinajstić information content (AvgIpc) is 2.55. The number of aliphatic carboxylic acids is 1. The first kappa shape index (κ1) is 14.9. The van der Waals surface area contributed by atoms with E-state index in [9.17, 15) is 14.7 Å². The van der Waals surface area contributed by atoms with Crippen LogP contribution in [0.5, 0.6) is 11.5 Å². The number of hydrogen-bond donors (Lipinski definition) is 2. The van der Waals surface area contributed by atoms with Crippen molar-refractivity contribution in [3.05, 3.63) is 60.2 Å². The largest absolute Gasteiger partial charge is 0.508 e. The molecule has 2 atom stereocenters. The van der Waals surface area contributed by atoms with Crippen molar-refractivity contribution in [2.45, 2.75) is 12.1 Å². The molecule has 6 heteroatoms. The van der Waals surface area contributed by atoms with E-state index in [4.69, 9.17) is 9.84 Å². The van der Waals surface area contributed by atoms with Crippen molar-refractivity contribution in [2.75, 3.05) is 6.54 Å². The number of carbonyl (C=O) groups is 2. The molecule has 0 aromatic heterocycles. The minimum Gasteiger partial charge on any atom is -0.508 e. The van der Waals surface area contributed by atoms with Crippen molar-refractivity contribution >= 4 is 11.9 Å². The van der Waals surface area contributed by atoms with Crippen molar-refractivity contribution in [1.82, 2.24) is 4.90 Å². The number of ether oxygens (including phenoxy) is 1. The van der Waals surface area contributed by atoms with Gasteiger partial charge >= 0.3 is 5.97 Å². The minimum atomic E-state index is -1.11. The molecule has 0 radical (unpaired) electrons. The van der Waals surface area contributed by atoms with Gasteiger partial charge in [0, 0.05) is 5.56 Å². The van der Waals surface area contributed by atoms with Gasteiger partial charge < -0.3 is 19.8 Å². The van der Waals surface area contributed by atoms with Crippen LogP contribution in [0.25, 0.3) is 0 Å². The van der Waals surface area contributed by atoms with E-state index < -0.39 is 30.6 Å². The summed E-state index contributed by atoms with van der Waals surface area (Å²) in [4.78, 5) is 24.4. The van der Waals surface area contributed by atoms with Crippen molar-refractivity contribution in [3.8, 4) is 11.5 Å². The number of rotatable bonds is 5. The Morgan fingerprint density at radius 3 is 2.39 bits per heavy atom. The summed E-state index contributed by atoms with van der Waals surface area (Å²) in [6, 6.07) is 14.7. The van der Waals surface area contributed by atoms with Gasteiger partial charge in [0.1, 0.15) is 24.1 Å². The summed E-state index contributed by atoms with van der Waals surface area (Å²) in [5.74, 6) is -1.01. The smallest absolute Gasteiger partial charge is 0.323 e. The lowest BCUT2D eigenvalue weighted by atomic mass is 9.90. The zero-order valence-electron chi connectivity index (χ0n) is 12.1. The van der Waals surface area contributed by atoms with Gasteiger partial charge in [0.2, 0.25) is 6.10 Å². The molecule has 0 saturated carbocycles. The fourth-order valence-electron chi connectivity index (χ4n) is 2.67. The summed E-state index contributed by atoms with van der Waals surface area (Å²) in [5.41, 5.74) is 0.467. The van der Waals surface area contributed by atoms with E-state index in [1.54, 1.807) is 42.5 Å². The van der Waals surface area contributed by atoms with Crippen LogP contribution in [0.2, 0.25) is 0 Å². The second-order valence-electron chi connectivity index (χ2n) is 5.22. The molecule has 1 aliphatic rings. The van der Waals surface area contributed by atoms with Crippen LogP contribution in [-0.4, -0.2) is 39.6 Å². The Morgan fingerprint density at radius 1 is 1.09 bits per heavy atom. The second-order valence-corrected chi connectivity index (χ2v) is 5.22. The summed E-state index contributed by atoms with van der Waals surface area (Å²) < 4.78 is 5.70. The third-order valence-electron chi connectivity index (χ3n) is 3.72. The molecule has 1 aliphatic heterocycles. The van der Waals surface area contributed by atoms with Crippen LogP contribution >= 0.6 is 0 Å². The molecular weight excluding hydrogens is 298 g/mol. The number of amides is 1. The number of phenols is 1. The molecule has 2 N–H and O–H groups in total. The summed E-state index contributed by atoms with van der Waals surface area (Å²) in [6.45, 7) is -0.438. The first-order valence-electron chi connectivity index (χ1n) is 7.10. The predicted octanol–water partition coefficient (Wildman–Crippen LogP) is 1.81. The molecule has 2 aromatic carbocycles. The minimum absolute atomic E-state index is 0.00190. The standard InChI is InChI=1S/C17H15NO5/c19-13-9-5-4-8-12(13)15-16(17(22)18(15)10-14(20)21)23-11-6-2-1-3-7-11/h1-9,15-16,19H,10H2,(H,20,21). The Labute approximate surface area is 132 Å². The van der Waals surface area contributed by atoms with Crippen LogP contribution in [-0.2, 0) is 9.59 Å². The van der Waals surface area contributed by atoms with E-state index >= 15 is 0 Å². The van der Waals surface area contributed by atoms with Gasteiger partial charge in [-0.25, -0.2) is 0 Å². The average molecular weight is 313 g/mol. The number of aromatic hydroxyl groups is 1. The lowest BCUT2D eigenvalue weighted by molar-refractivity contribution is -0.169. The molecule has 3 rings (SSSR count). The first-order valence-corrected chi connectivity index (χ1v) is 7.10. The molecular formula is C17H15NO5. The molecule has 0 aliphatic carbocycles. The lowest BCUT2D eigenvalue weighted by Gasteiger charge is -2.46.